The predicted octanol–water partition coefficient (Wildman–Crippen LogP) is 26.7. The van der Waals surface area contributed by atoms with Crippen LogP contribution in [0.5, 0.6) is 0 Å². The molecule has 4 N–H and O–H groups in total. The summed E-state index contributed by atoms with van der Waals surface area (Å²) in [6.45, 7) is 2.32. The molecule has 0 amide bonds. The van der Waals surface area contributed by atoms with Gasteiger partial charge in [0.2, 0.25) is 0 Å². The van der Waals surface area contributed by atoms with Crippen molar-refractivity contribution in [3.63, 3.8) is 0 Å². The minimum absolute atomic E-state index is 0.0732. The summed E-state index contributed by atoms with van der Waals surface area (Å²) in [5.74, 6) is -1.61. The number of carbonyl (C=O) groups excluding carboxylic acids is 3. The van der Waals surface area contributed by atoms with Gasteiger partial charge in [0.1, 0.15) is 25.4 Å². The van der Waals surface area contributed by atoms with Crippen molar-refractivity contribution in [1.29, 1.82) is 0 Å². The number of aliphatic hydroxyl groups excluding tert-OH is 2. The van der Waals surface area contributed by atoms with Gasteiger partial charge in [0, 0.05) is 19.3 Å². The Morgan fingerprint density at radius 2 is 0.442 bits per heavy atom. The van der Waals surface area contributed by atoms with Gasteiger partial charge in [0.15, 0.2) is 6.10 Å². The van der Waals surface area contributed by atoms with E-state index in [1.807, 2.05) is 0 Å². The van der Waals surface area contributed by atoms with Gasteiger partial charge >= 0.3 is 33.6 Å². The third-order valence-electron chi connectivity index (χ3n) is 17.8. The van der Waals surface area contributed by atoms with Gasteiger partial charge in [-0.25, -0.2) is 9.13 Å². The molecule has 113 heavy (non-hydrogen) atoms. The highest BCUT2D eigenvalue weighted by atomic mass is 31.2. The van der Waals surface area contributed by atoms with E-state index in [2.05, 4.69) is 215 Å². The van der Waals surface area contributed by atoms with Crippen molar-refractivity contribution in [3.05, 3.63) is 194 Å². The highest BCUT2D eigenvalue weighted by Gasteiger charge is 2.29. The fourth-order valence-electron chi connectivity index (χ4n) is 11.3. The zero-order valence-electron chi connectivity index (χ0n) is 70.5. The first-order chi connectivity index (χ1) is 55.2. The first-order valence-electron chi connectivity index (χ1n) is 43.7. The molecule has 0 radical (unpaired) electrons. The van der Waals surface area contributed by atoms with Crippen LogP contribution in [0, 0.1) is 0 Å². The Morgan fingerprint density at radius 3 is 0.699 bits per heavy atom. The smallest absolute Gasteiger partial charge is 0.463 e. The monoisotopic (exact) mass is 1620 g/mol. The molecule has 0 aromatic heterocycles. The normalized spacial score (nSPS) is 14.8. The van der Waals surface area contributed by atoms with E-state index < -0.39 is 91.5 Å². The molecular weight excluding hydrogens is 1460 g/mol. The van der Waals surface area contributed by atoms with Crippen molar-refractivity contribution < 1.29 is 75.8 Å². The molecule has 0 aromatic carbocycles. The second-order valence-electron chi connectivity index (χ2n) is 28.5. The number of ether oxygens (including phenoxy) is 3. The lowest BCUT2D eigenvalue weighted by atomic mass is 10.0. The summed E-state index contributed by atoms with van der Waals surface area (Å²) < 4.78 is 61.4. The maximum Gasteiger partial charge on any atom is 0.472 e. The van der Waals surface area contributed by atoms with Gasteiger partial charge in [0.25, 0.3) is 0 Å². The number of esters is 3. The molecule has 0 aliphatic carbocycles. The summed E-state index contributed by atoms with van der Waals surface area (Å²) in [6.07, 6.45) is 113. The Hall–Kier alpha value is -5.61. The maximum atomic E-state index is 13.0. The molecule has 0 bridgehead atoms. The van der Waals surface area contributed by atoms with E-state index in [1.165, 1.54) is 64.2 Å². The van der Waals surface area contributed by atoms with Crippen molar-refractivity contribution in [2.75, 3.05) is 39.6 Å². The molecule has 0 saturated heterocycles. The van der Waals surface area contributed by atoms with Gasteiger partial charge in [-0.05, 0) is 161 Å². The van der Waals surface area contributed by atoms with Crippen molar-refractivity contribution in [2.24, 2.45) is 0 Å². The van der Waals surface area contributed by atoms with Crippen molar-refractivity contribution in [1.82, 2.24) is 0 Å². The molecule has 18 heteroatoms. The average molecular weight is 1620 g/mol. The number of allylic oxidation sites excluding steroid dienone is 32. The van der Waals surface area contributed by atoms with Crippen molar-refractivity contribution >= 4 is 33.6 Å². The lowest BCUT2D eigenvalue weighted by Gasteiger charge is -2.21. The Balaban J connectivity index is 4.67. The molecule has 0 aliphatic heterocycles. The molecular formula is C95H156O16P2. The second kappa shape index (κ2) is 85.8. The third-order valence-corrected chi connectivity index (χ3v) is 19.7. The second-order valence-corrected chi connectivity index (χ2v) is 31.5. The van der Waals surface area contributed by atoms with Crippen LogP contribution in [0.4, 0.5) is 0 Å². The summed E-state index contributed by atoms with van der Waals surface area (Å²) in [4.78, 5) is 58.9. The van der Waals surface area contributed by atoms with E-state index in [4.69, 9.17) is 32.3 Å². The minimum atomic E-state index is -4.95. The highest BCUT2D eigenvalue weighted by Crippen LogP contribution is 2.45. The van der Waals surface area contributed by atoms with E-state index in [0.717, 1.165) is 205 Å². The molecule has 5 atom stereocenters. The number of phosphoric ester groups is 2. The van der Waals surface area contributed by atoms with Gasteiger partial charge in [0.05, 0.1) is 26.4 Å². The summed E-state index contributed by atoms with van der Waals surface area (Å²) in [5.41, 5.74) is 0. The Morgan fingerprint density at radius 1 is 0.248 bits per heavy atom. The lowest BCUT2D eigenvalue weighted by Crippen LogP contribution is -2.30. The third kappa shape index (κ3) is 87.1. The molecule has 0 aliphatic rings. The summed E-state index contributed by atoms with van der Waals surface area (Å²) in [6, 6.07) is 0. The molecule has 0 saturated carbocycles. The zero-order valence-corrected chi connectivity index (χ0v) is 72.3. The summed E-state index contributed by atoms with van der Waals surface area (Å²) >= 11 is 0. The Kier molecular flexibility index (Phi) is 81.5. The quantitative estimate of drug-likeness (QED) is 0.0146. The molecule has 0 fully saturated rings. The Bertz CT molecular complexity index is 2830. The Labute approximate surface area is 687 Å². The molecule has 0 rings (SSSR count). The van der Waals surface area contributed by atoms with Crippen molar-refractivity contribution in [3.8, 4) is 0 Å². The first-order valence-corrected chi connectivity index (χ1v) is 46.7. The van der Waals surface area contributed by atoms with E-state index in [1.54, 1.807) is 0 Å². The molecule has 5 unspecified atom stereocenters. The molecule has 0 spiro atoms. The molecule has 16 nitrogen and oxygen atoms in total. The van der Waals surface area contributed by atoms with Crippen LogP contribution in [0.15, 0.2) is 194 Å². The van der Waals surface area contributed by atoms with Crippen LogP contribution in [0.25, 0.3) is 0 Å². The predicted molar refractivity (Wildman–Crippen MR) is 472 cm³/mol. The van der Waals surface area contributed by atoms with E-state index in [0.29, 0.717) is 19.3 Å². The number of carbonyl (C=O) groups is 3. The standard InChI is InChI=1S/C95H156O16P2/c1-4-7-10-13-16-19-22-25-28-31-34-37-39-41-43-44-46-48-49-52-54-57-60-63-66-69-72-75-78-81-93(98)105-84-90(96)85-107-112(101,102)108-86-91(97)87-109-113(103,104)110-89-92(111-95(100)83-80-77-74-71-68-65-62-59-56-51-36-33-30-27-24-21-18-15-12-9-6-3)88-106-94(99)82-79-76-73-70-67-64-61-58-55-53-50-47-45-42-40-38-35-32-29-26-23-20-17-14-11-8-5-2/h7-12,16-21,25-30,34-38,41-43,45,50-51,53,59,62,90-92,96-97H,4-6,13-15,22-24,31-33,39-40,44,46-49,52,54-58,60-61,63-89H2,1-3H3,(H,101,102)(H,103,104)/b10-7-,11-8-,12-9-,19-16-,20-17-,21-18-,28-25-,29-26-,30-27-,37-34-,38-35-,43-41-,45-42-,51-36-,53-50-,62-59-. The fourth-order valence-corrected chi connectivity index (χ4v) is 12.9. The maximum absolute atomic E-state index is 13.0. The lowest BCUT2D eigenvalue weighted by molar-refractivity contribution is -0.161. The largest absolute Gasteiger partial charge is 0.472 e. The summed E-state index contributed by atoms with van der Waals surface area (Å²) in [5, 5.41) is 20.7. The van der Waals surface area contributed by atoms with Crippen LogP contribution < -0.4 is 0 Å². The molecule has 0 aromatic rings. The first kappa shape index (κ1) is 107. The van der Waals surface area contributed by atoms with Crippen LogP contribution >= 0.6 is 15.6 Å². The number of hydrogen-bond donors (Lipinski definition) is 4. The van der Waals surface area contributed by atoms with Crippen LogP contribution in [0.1, 0.15) is 329 Å². The fraction of sp³-hybridized carbons (Fsp3) is 0.632. The van der Waals surface area contributed by atoms with E-state index in [-0.39, 0.29) is 19.3 Å². The van der Waals surface area contributed by atoms with Gasteiger partial charge in [-0.1, -0.05) is 344 Å². The van der Waals surface area contributed by atoms with Gasteiger partial charge in [-0.3, -0.25) is 32.5 Å². The van der Waals surface area contributed by atoms with Gasteiger partial charge in [-0.15, -0.1) is 0 Å². The van der Waals surface area contributed by atoms with Gasteiger partial charge in [-0.2, -0.15) is 0 Å². The number of rotatable bonds is 81. The average Bonchev–Trinajstić information content (AvgIpc) is 0.898. The van der Waals surface area contributed by atoms with E-state index in [9.17, 15) is 43.5 Å². The van der Waals surface area contributed by atoms with Crippen LogP contribution in [0.2, 0.25) is 0 Å². The highest BCUT2D eigenvalue weighted by molar-refractivity contribution is 7.47. The SMILES string of the molecule is CC/C=C\C/C=C\C/C=C\C/C=C\C/C=C\C/C=C\CCCCCCCCCCC(=O)OCC(COP(=O)(O)OCC(O)COP(=O)(O)OCC(O)COC(=O)CCCCCCCCCCCCCCC/C=C\C/C=C\C/C=C\C/C=C\C/C=C\CC)OC(=O)CCCCCCC/C=C\C/C=C\C/C=C\C/C=C\C/C=C\CC. The van der Waals surface area contributed by atoms with E-state index >= 15 is 0 Å². The number of unbranched alkanes of at least 4 members (excludes halogenated alkanes) is 26. The zero-order chi connectivity index (χ0) is 82.2. The minimum Gasteiger partial charge on any atom is -0.463 e. The van der Waals surface area contributed by atoms with Crippen LogP contribution in [0.3, 0.4) is 0 Å². The molecule has 642 valence electrons. The van der Waals surface area contributed by atoms with Crippen LogP contribution in [-0.2, 0) is 55.8 Å². The number of aliphatic hydroxyl groups is 2. The van der Waals surface area contributed by atoms with Crippen molar-refractivity contribution in [2.45, 2.75) is 347 Å². The number of hydrogen-bond acceptors (Lipinski definition) is 14. The van der Waals surface area contributed by atoms with Gasteiger partial charge < -0.3 is 34.2 Å². The topological polar surface area (TPSA) is 231 Å². The molecule has 0 heterocycles. The van der Waals surface area contributed by atoms with Crippen LogP contribution in [-0.4, -0.2) is 95.9 Å². The summed E-state index contributed by atoms with van der Waals surface area (Å²) in [7, 11) is -9.83. The number of phosphoric acid groups is 2.